The summed E-state index contributed by atoms with van der Waals surface area (Å²) in [6.45, 7) is 12.4. The first-order valence-electron chi connectivity index (χ1n) is 8.20. The number of rotatable bonds is 7. The summed E-state index contributed by atoms with van der Waals surface area (Å²) in [7, 11) is 0. The van der Waals surface area contributed by atoms with Gasteiger partial charge in [0.2, 0.25) is 5.91 Å². The number of carbonyl (C=O) groups is 1. The monoisotopic (exact) mass is 355 g/mol. The van der Waals surface area contributed by atoms with Crippen molar-refractivity contribution in [2.24, 2.45) is 17.1 Å². The van der Waals surface area contributed by atoms with Crippen LogP contribution in [0, 0.1) is 11.3 Å². The molecule has 1 rings (SSSR count). The third kappa shape index (κ3) is 6.61. The maximum atomic E-state index is 12.5. The summed E-state index contributed by atoms with van der Waals surface area (Å²) in [5, 5.41) is 3.24. The lowest BCUT2D eigenvalue weighted by Gasteiger charge is -2.36. The van der Waals surface area contributed by atoms with E-state index < -0.39 is 0 Å². The Kier molecular flexibility index (Phi) is 12.7. The fraction of sp³-hybridized carbons (Fsp3) is 0.938. The van der Waals surface area contributed by atoms with Crippen molar-refractivity contribution in [2.45, 2.75) is 59.4 Å². The number of hydrogen-bond donors (Lipinski definition) is 2. The van der Waals surface area contributed by atoms with Gasteiger partial charge >= 0.3 is 0 Å². The minimum absolute atomic E-state index is 0. The Morgan fingerprint density at radius 3 is 2.09 bits per heavy atom. The van der Waals surface area contributed by atoms with E-state index in [1.807, 2.05) is 0 Å². The molecule has 22 heavy (non-hydrogen) atoms. The molecule has 1 aliphatic heterocycles. The molecule has 6 heteroatoms. The first kappa shape index (κ1) is 24.2. The molecule has 0 spiro atoms. The number of likely N-dealkylation sites (tertiary alicyclic amines) is 1. The summed E-state index contributed by atoms with van der Waals surface area (Å²) in [4.78, 5) is 15.0. The molecular weight excluding hydrogens is 321 g/mol. The van der Waals surface area contributed by atoms with Gasteiger partial charge in [0.25, 0.3) is 0 Å². The molecule has 1 aliphatic rings. The third-order valence-corrected chi connectivity index (χ3v) is 4.77. The smallest absolute Gasteiger partial charge is 0.227 e. The predicted molar refractivity (Wildman–Crippen MR) is 99.0 cm³/mol. The first-order chi connectivity index (χ1) is 9.47. The lowest BCUT2D eigenvalue weighted by molar-refractivity contribution is -0.132. The van der Waals surface area contributed by atoms with E-state index in [1.54, 1.807) is 0 Å². The van der Waals surface area contributed by atoms with Crippen LogP contribution in [-0.4, -0.2) is 43.0 Å². The zero-order valence-corrected chi connectivity index (χ0v) is 16.2. The summed E-state index contributed by atoms with van der Waals surface area (Å²) in [5.41, 5.74) is 5.48. The zero-order chi connectivity index (χ0) is 15.2. The fourth-order valence-electron chi connectivity index (χ4n) is 3.07. The van der Waals surface area contributed by atoms with Gasteiger partial charge < -0.3 is 16.0 Å². The largest absolute Gasteiger partial charge is 0.353 e. The number of piperidine rings is 1. The molecule has 0 saturated carbocycles. The van der Waals surface area contributed by atoms with Crippen molar-refractivity contribution in [1.29, 1.82) is 0 Å². The normalized spacial score (nSPS) is 16.8. The molecule has 1 amide bonds. The van der Waals surface area contributed by atoms with Gasteiger partial charge in [-0.25, -0.2) is 0 Å². The Balaban J connectivity index is 0. The van der Waals surface area contributed by atoms with Gasteiger partial charge in [0.15, 0.2) is 0 Å². The van der Waals surface area contributed by atoms with Gasteiger partial charge in [0.1, 0.15) is 0 Å². The summed E-state index contributed by atoms with van der Waals surface area (Å²) < 4.78 is 0. The molecule has 4 nitrogen and oxygen atoms in total. The second-order valence-electron chi connectivity index (χ2n) is 6.63. The van der Waals surface area contributed by atoms with Crippen LogP contribution in [0.25, 0.3) is 0 Å². The Labute approximate surface area is 148 Å². The Morgan fingerprint density at radius 2 is 1.73 bits per heavy atom. The SMILES string of the molecule is CCC(CC)(CN)C(=O)NC1CCN(CC(C)C)CC1.Cl.Cl. The van der Waals surface area contributed by atoms with Crippen molar-refractivity contribution in [3.8, 4) is 0 Å². The molecular formula is C16H35Cl2N3O. The van der Waals surface area contributed by atoms with Gasteiger partial charge in [-0.05, 0) is 31.6 Å². The van der Waals surface area contributed by atoms with Crippen LogP contribution in [0.3, 0.4) is 0 Å². The van der Waals surface area contributed by atoms with E-state index in [4.69, 9.17) is 5.73 Å². The van der Waals surface area contributed by atoms with E-state index >= 15 is 0 Å². The van der Waals surface area contributed by atoms with Crippen LogP contribution >= 0.6 is 24.8 Å². The number of halogens is 2. The number of nitrogens with zero attached hydrogens (tertiary/aromatic N) is 1. The Morgan fingerprint density at radius 1 is 1.23 bits per heavy atom. The van der Waals surface area contributed by atoms with Gasteiger partial charge in [-0.2, -0.15) is 0 Å². The molecule has 0 atom stereocenters. The van der Waals surface area contributed by atoms with Crippen LogP contribution in [0.5, 0.6) is 0 Å². The number of carbonyl (C=O) groups excluding carboxylic acids is 1. The van der Waals surface area contributed by atoms with E-state index in [-0.39, 0.29) is 36.1 Å². The molecule has 1 saturated heterocycles. The van der Waals surface area contributed by atoms with Crippen LogP contribution < -0.4 is 11.1 Å². The highest BCUT2D eigenvalue weighted by Crippen LogP contribution is 2.26. The average molecular weight is 356 g/mol. The Bertz CT molecular complexity index is 294. The van der Waals surface area contributed by atoms with Crippen LogP contribution in [0.15, 0.2) is 0 Å². The quantitative estimate of drug-likeness (QED) is 0.738. The summed E-state index contributed by atoms with van der Waals surface area (Å²) >= 11 is 0. The maximum Gasteiger partial charge on any atom is 0.227 e. The van der Waals surface area contributed by atoms with Gasteiger partial charge in [-0.15, -0.1) is 24.8 Å². The number of nitrogens with one attached hydrogen (secondary N) is 1. The third-order valence-electron chi connectivity index (χ3n) is 4.77. The lowest BCUT2D eigenvalue weighted by atomic mass is 9.81. The summed E-state index contributed by atoms with van der Waals surface area (Å²) in [6.07, 6.45) is 3.76. The van der Waals surface area contributed by atoms with Crippen molar-refractivity contribution < 1.29 is 4.79 Å². The standard InChI is InChI=1S/C16H33N3O.2ClH/c1-5-16(6-2,12-17)15(20)18-14-7-9-19(10-8-14)11-13(3)4;;/h13-14H,5-12,17H2,1-4H3,(H,18,20);2*1H. The number of hydrogen-bond acceptors (Lipinski definition) is 3. The van der Waals surface area contributed by atoms with E-state index in [1.165, 1.54) is 0 Å². The highest BCUT2D eigenvalue weighted by Gasteiger charge is 2.35. The van der Waals surface area contributed by atoms with Crippen LogP contribution in [0.2, 0.25) is 0 Å². The van der Waals surface area contributed by atoms with Gasteiger partial charge in [0, 0.05) is 32.2 Å². The topological polar surface area (TPSA) is 58.4 Å². The van der Waals surface area contributed by atoms with E-state index in [0.717, 1.165) is 45.3 Å². The fourth-order valence-corrected chi connectivity index (χ4v) is 3.07. The molecule has 0 aliphatic carbocycles. The maximum absolute atomic E-state index is 12.5. The molecule has 0 unspecified atom stereocenters. The molecule has 0 bridgehead atoms. The molecule has 134 valence electrons. The summed E-state index contributed by atoms with van der Waals surface area (Å²) in [6, 6.07) is 0.329. The molecule has 1 heterocycles. The van der Waals surface area contributed by atoms with E-state index in [0.29, 0.717) is 18.5 Å². The van der Waals surface area contributed by atoms with Crippen molar-refractivity contribution >= 4 is 30.7 Å². The first-order valence-corrected chi connectivity index (χ1v) is 8.20. The minimum atomic E-state index is -0.366. The molecule has 3 N–H and O–H groups in total. The van der Waals surface area contributed by atoms with Gasteiger partial charge in [-0.3, -0.25) is 4.79 Å². The Hall–Kier alpha value is -0.0300. The van der Waals surface area contributed by atoms with Crippen LogP contribution in [0.1, 0.15) is 53.4 Å². The van der Waals surface area contributed by atoms with E-state index in [9.17, 15) is 4.79 Å². The predicted octanol–water partition coefficient (Wildman–Crippen LogP) is 2.83. The second kappa shape index (κ2) is 11.5. The molecule has 0 aromatic carbocycles. The van der Waals surface area contributed by atoms with Crippen molar-refractivity contribution in [3.05, 3.63) is 0 Å². The average Bonchev–Trinajstić information content (AvgIpc) is 2.43. The molecule has 0 aromatic rings. The van der Waals surface area contributed by atoms with Crippen LogP contribution in [0.4, 0.5) is 0 Å². The van der Waals surface area contributed by atoms with Gasteiger partial charge in [0.05, 0.1) is 5.41 Å². The van der Waals surface area contributed by atoms with Crippen molar-refractivity contribution in [1.82, 2.24) is 10.2 Å². The van der Waals surface area contributed by atoms with E-state index in [2.05, 4.69) is 37.9 Å². The van der Waals surface area contributed by atoms with Crippen molar-refractivity contribution in [3.63, 3.8) is 0 Å². The lowest BCUT2D eigenvalue weighted by Crippen LogP contribution is -2.52. The highest BCUT2D eigenvalue weighted by atomic mass is 35.5. The van der Waals surface area contributed by atoms with Crippen LogP contribution in [-0.2, 0) is 4.79 Å². The minimum Gasteiger partial charge on any atom is -0.353 e. The molecule has 1 fully saturated rings. The highest BCUT2D eigenvalue weighted by molar-refractivity contribution is 5.85. The number of amides is 1. The number of nitrogens with two attached hydrogens (primary N) is 1. The van der Waals surface area contributed by atoms with Gasteiger partial charge in [-0.1, -0.05) is 27.7 Å². The zero-order valence-electron chi connectivity index (χ0n) is 14.6. The summed E-state index contributed by atoms with van der Waals surface area (Å²) in [5.74, 6) is 0.874. The molecule has 0 aromatic heterocycles. The second-order valence-corrected chi connectivity index (χ2v) is 6.63. The van der Waals surface area contributed by atoms with Crippen molar-refractivity contribution in [2.75, 3.05) is 26.2 Å². The molecule has 0 radical (unpaired) electrons.